The van der Waals surface area contributed by atoms with Crippen LogP contribution in [0.25, 0.3) is 0 Å². The van der Waals surface area contributed by atoms with E-state index in [-0.39, 0.29) is 0 Å². The van der Waals surface area contributed by atoms with Gasteiger partial charge in [0.05, 0.1) is 6.61 Å². The Balaban J connectivity index is 1.91. The zero-order valence-corrected chi connectivity index (χ0v) is 10.2. The SMILES string of the molecule is CC1CCCC(COc2ncccc2C#N)C1. The van der Waals surface area contributed by atoms with Crippen molar-refractivity contribution in [2.45, 2.75) is 32.6 Å². The Morgan fingerprint density at radius 2 is 2.41 bits per heavy atom. The van der Waals surface area contributed by atoms with Crippen molar-refractivity contribution in [3.8, 4) is 11.9 Å². The molecule has 1 aromatic heterocycles. The molecule has 2 rings (SSSR count). The summed E-state index contributed by atoms with van der Waals surface area (Å²) in [5.41, 5.74) is 0.524. The van der Waals surface area contributed by atoms with E-state index in [2.05, 4.69) is 18.0 Å². The molecule has 2 atom stereocenters. The molecule has 90 valence electrons. The molecular weight excluding hydrogens is 212 g/mol. The van der Waals surface area contributed by atoms with Crippen molar-refractivity contribution >= 4 is 0 Å². The van der Waals surface area contributed by atoms with Gasteiger partial charge in [-0.05, 0) is 36.8 Å². The summed E-state index contributed by atoms with van der Waals surface area (Å²) >= 11 is 0. The lowest BCUT2D eigenvalue weighted by Gasteiger charge is -2.26. The summed E-state index contributed by atoms with van der Waals surface area (Å²) in [6, 6.07) is 5.60. The Bertz CT molecular complexity index is 411. The molecule has 0 N–H and O–H groups in total. The third-order valence-electron chi connectivity index (χ3n) is 3.39. The van der Waals surface area contributed by atoms with Gasteiger partial charge in [0.2, 0.25) is 5.88 Å². The molecule has 3 heteroatoms. The lowest BCUT2D eigenvalue weighted by Crippen LogP contribution is -2.20. The van der Waals surface area contributed by atoms with Gasteiger partial charge in [0.15, 0.2) is 0 Å². The summed E-state index contributed by atoms with van der Waals surface area (Å²) in [5.74, 6) is 1.90. The first-order valence-electron chi connectivity index (χ1n) is 6.27. The van der Waals surface area contributed by atoms with Crippen LogP contribution in [-0.2, 0) is 0 Å². The van der Waals surface area contributed by atoms with Crippen LogP contribution in [0, 0.1) is 23.2 Å². The minimum atomic E-state index is 0.480. The Kier molecular flexibility index (Phi) is 3.98. The second kappa shape index (κ2) is 5.67. The molecule has 1 aromatic rings. The Morgan fingerprint density at radius 1 is 1.53 bits per heavy atom. The molecule has 1 heterocycles. The van der Waals surface area contributed by atoms with Gasteiger partial charge < -0.3 is 4.74 Å². The van der Waals surface area contributed by atoms with E-state index >= 15 is 0 Å². The van der Waals surface area contributed by atoms with Gasteiger partial charge in [-0.2, -0.15) is 5.26 Å². The maximum absolute atomic E-state index is 8.93. The van der Waals surface area contributed by atoms with Gasteiger partial charge in [-0.15, -0.1) is 0 Å². The predicted molar refractivity (Wildman–Crippen MR) is 65.6 cm³/mol. The predicted octanol–water partition coefficient (Wildman–Crippen LogP) is 3.16. The third kappa shape index (κ3) is 3.20. The highest BCUT2D eigenvalue weighted by molar-refractivity contribution is 5.36. The fourth-order valence-corrected chi connectivity index (χ4v) is 2.50. The van der Waals surface area contributed by atoms with Gasteiger partial charge in [0.25, 0.3) is 0 Å². The monoisotopic (exact) mass is 230 g/mol. The van der Waals surface area contributed by atoms with E-state index in [4.69, 9.17) is 10.00 Å². The molecule has 0 amide bonds. The van der Waals surface area contributed by atoms with Crippen molar-refractivity contribution in [2.75, 3.05) is 6.61 Å². The lowest BCUT2D eigenvalue weighted by atomic mass is 9.83. The Morgan fingerprint density at radius 3 is 3.18 bits per heavy atom. The van der Waals surface area contributed by atoms with Crippen molar-refractivity contribution in [3.05, 3.63) is 23.9 Å². The summed E-state index contributed by atoms with van der Waals surface area (Å²) in [6.45, 7) is 2.99. The molecule has 1 fully saturated rings. The number of hydrogen-bond donors (Lipinski definition) is 0. The molecule has 0 spiro atoms. The van der Waals surface area contributed by atoms with Gasteiger partial charge in [0.1, 0.15) is 11.6 Å². The number of aromatic nitrogens is 1. The number of nitriles is 1. The van der Waals surface area contributed by atoms with Crippen molar-refractivity contribution < 1.29 is 4.74 Å². The molecular formula is C14H18N2O. The van der Waals surface area contributed by atoms with E-state index in [1.54, 1.807) is 18.3 Å². The van der Waals surface area contributed by atoms with E-state index < -0.39 is 0 Å². The molecule has 0 aromatic carbocycles. The van der Waals surface area contributed by atoms with Gasteiger partial charge in [-0.25, -0.2) is 4.98 Å². The fourth-order valence-electron chi connectivity index (χ4n) is 2.50. The molecule has 0 bridgehead atoms. The fraction of sp³-hybridized carbons (Fsp3) is 0.571. The minimum absolute atomic E-state index is 0.480. The Hall–Kier alpha value is -1.56. The summed E-state index contributed by atoms with van der Waals surface area (Å²) in [5, 5.41) is 8.93. The third-order valence-corrected chi connectivity index (χ3v) is 3.39. The van der Waals surface area contributed by atoms with Crippen LogP contribution in [0.4, 0.5) is 0 Å². The topological polar surface area (TPSA) is 45.9 Å². The average molecular weight is 230 g/mol. The standard InChI is InChI=1S/C14H18N2O/c1-11-4-2-5-12(8-11)10-17-14-13(9-15)6-3-7-16-14/h3,6-7,11-12H,2,4-5,8,10H2,1H3. The van der Waals surface area contributed by atoms with Crippen molar-refractivity contribution in [1.82, 2.24) is 4.98 Å². The summed E-state index contributed by atoms with van der Waals surface area (Å²) in [4.78, 5) is 4.11. The largest absolute Gasteiger partial charge is 0.476 e. The Labute approximate surface area is 102 Å². The highest BCUT2D eigenvalue weighted by Gasteiger charge is 2.19. The average Bonchev–Trinajstić information content (AvgIpc) is 2.37. The lowest BCUT2D eigenvalue weighted by molar-refractivity contribution is 0.177. The van der Waals surface area contributed by atoms with Crippen LogP contribution in [-0.4, -0.2) is 11.6 Å². The normalized spacial score (nSPS) is 24.0. The van der Waals surface area contributed by atoms with E-state index in [9.17, 15) is 0 Å². The molecule has 2 unspecified atom stereocenters. The van der Waals surface area contributed by atoms with Crippen molar-refractivity contribution in [3.63, 3.8) is 0 Å². The molecule has 0 saturated heterocycles. The molecule has 1 saturated carbocycles. The van der Waals surface area contributed by atoms with Crippen LogP contribution >= 0.6 is 0 Å². The van der Waals surface area contributed by atoms with Crippen LogP contribution in [0.15, 0.2) is 18.3 Å². The highest BCUT2D eigenvalue weighted by Crippen LogP contribution is 2.29. The van der Waals surface area contributed by atoms with Crippen LogP contribution in [0.1, 0.15) is 38.2 Å². The number of rotatable bonds is 3. The van der Waals surface area contributed by atoms with Gasteiger partial charge in [0, 0.05) is 6.20 Å². The van der Waals surface area contributed by atoms with Crippen molar-refractivity contribution in [2.24, 2.45) is 11.8 Å². The van der Waals surface area contributed by atoms with Gasteiger partial charge >= 0.3 is 0 Å². The first-order valence-corrected chi connectivity index (χ1v) is 6.27. The summed E-state index contributed by atoms with van der Waals surface area (Å²) < 4.78 is 5.68. The highest BCUT2D eigenvalue weighted by atomic mass is 16.5. The first kappa shape index (κ1) is 11.9. The number of pyridine rings is 1. The zero-order chi connectivity index (χ0) is 12.1. The molecule has 1 aliphatic carbocycles. The van der Waals surface area contributed by atoms with Gasteiger partial charge in [-0.3, -0.25) is 0 Å². The van der Waals surface area contributed by atoms with E-state index in [1.807, 2.05) is 0 Å². The second-order valence-corrected chi connectivity index (χ2v) is 4.92. The van der Waals surface area contributed by atoms with Crippen molar-refractivity contribution in [1.29, 1.82) is 5.26 Å². The van der Waals surface area contributed by atoms with Crippen LogP contribution < -0.4 is 4.74 Å². The molecule has 17 heavy (non-hydrogen) atoms. The van der Waals surface area contributed by atoms with E-state index in [0.717, 1.165) is 5.92 Å². The smallest absolute Gasteiger partial charge is 0.231 e. The second-order valence-electron chi connectivity index (χ2n) is 4.92. The summed E-state index contributed by atoms with van der Waals surface area (Å²) in [6.07, 6.45) is 6.76. The van der Waals surface area contributed by atoms with E-state index in [1.165, 1.54) is 25.7 Å². The quantitative estimate of drug-likeness (QED) is 0.801. The van der Waals surface area contributed by atoms with Crippen LogP contribution in [0.2, 0.25) is 0 Å². The molecule has 1 aliphatic rings. The maximum atomic E-state index is 8.93. The van der Waals surface area contributed by atoms with Crippen LogP contribution in [0.3, 0.4) is 0 Å². The first-order chi connectivity index (χ1) is 8.29. The molecule has 0 aliphatic heterocycles. The number of ether oxygens (including phenoxy) is 1. The van der Waals surface area contributed by atoms with Crippen LogP contribution in [0.5, 0.6) is 5.88 Å². The minimum Gasteiger partial charge on any atom is -0.476 e. The zero-order valence-electron chi connectivity index (χ0n) is 10.2. The molecule has 0 radical (unpaired) electrons. The van der Waals surface area contributed by atoms with E-state index in [0.29, 0.717) is 24.0 Å². The summed E-state index contributed by atoms with van der Waals surface area (Å²) in [7, 11) is 0. The maximum Gasteiger partial charge on any atom is 0.231 e. The van der Waals surface area contributed by atoms with Gasteiger partial charge in [-0.1, -0.05) is 19.8 Å². The number of nitrogens with zero attached hydrogens (tertiary/aromatic N) is 2. The molecule has 3 nitrogen and oxygen atoms in total. The number of hydrogen-bond acceptors (Lipinski definition) is 3.